The predicted molar refractivity (Wildman–Crippen MR) is 99.9 cm³/mol. The second-order valence-electron chi connectivity index (χ2n) is 7.52. The van der Waals surface area contributed by atoms with Crippen molar-refractivity contribution >= 4 is 23.5 Å². The molecule has 2 saturated heterocycles. The number of hydrogen-bond donors (Lipinski definition) is 0. The van der Waals surface area contributed by atoms with Gasteiger partial charge in [0.2, 0.25) is 5.91 Å². The van der Waals surface area contributed by atoms with E-state index in [1.807, 2.05) is 49.9 Å². The molecule has 3 rings (SSSR count). The largest absolute Gasteiger partial charge is 0.336 e. The van der Waals surface area contributed by atoms with Crippen LogP contribution >= 0.6 is 0 Å². The molecule has 0 N–H and O–H groups in total. The Morgan fingerprint density at radius 1 is 1.04 bits per heavy atom. The number of aryl methyl sites for hydroxylation is 1. The van der Waals surface area contributed by atoms with Crippen molar-refractivity contribution in [2.75, 3.05) is 11.4 Å². The van der Waals surface area contributed by atoms with E-state index in [1.165, 1.54) is 4.90 Å². The summed E-state index contributed by atoms with van der Waals surface area (Å²) in [5.74, 6) is -0.467. The van der Waals surface area contributed by atoms with Crippen LogP contribution in [-0.2, 0) is 9.59 Å². The van der Waals surface area contributed by atoms with Gasteiger partial charge in [0.1, 0.15) is 12.6 Å². The first-order valence-corrected chi connectivity index (χ1v) is 9.33. The van der Waals surface area contributed by atoms with E-state index in [9.17, 15) is 14.4 Å². The Labute approximate surface area is 154 Å². The quantitative estimate of drug-likeness (QED) is 0.782. The molecule has 2 aliphatic rings. The molecule has 0 spiro atoms. The summed E-state index contributed by atoms with van der Waals surface area (Å²) in [4.78, 5) is 42.7. The molecule has 0 radical (unpaired) electrons. The minimum Gasteiger partial charge on any atom is -0.336 e. The number of hydrogen-bond acceptors (Lipinski definition) is 3. The van der Waals surface area contributed by atoms with Gasteiger partial charge in [0.15, 0.2) is 0 Å². The maximum atomic E-state index is 12.9. The fraction of sp³-hybridized carbons (Fsp3) is 0.550. The number of likely N-dealkylation sites (tertiary alicyclic amines) is 1. The fourth-order valence-electron chi connectivity index (χ4n) is 4.04. The van der Waals surface area contributed by atoms with Gasteiger partial charge in [0, 0.05) is 17.8 Å². The van der Waals surface area contributed by atoms with Gasteiger partial charge < -0.3 is 4.90 Å². The van der Waals surface area contributed by atoms with Crippen LogP contribution in [0.1, 0.15) is 45.6 Å². The van der Waals surface area contributed by atoms with Crippen LogP contribution in [-0.4, -0.2) is 52.3 Å². The Kier molecular flexibility index (Phi) is 5.03. The molecular formula is C20H27N3O3. The number of rotatable bonds is 3. The number of anilines is 1. The van der Waals surface area contributed by atoms with E-state index >= 15 is 0 Å². The lowest BCUT2D eigenvalue weighted by Crippen LogP contribution is -2.52. The fourth-order valence-corrected chi connectivity index (χ4v) is 4.04. The summed E-state index contributed by atoms with van der Waals surface area (Å²) in [7, 11) is 0. The molecule has 2 aliphatic heterocycles. The number of carbonyl (C=O) groups excluding carboxylic acids is 3. The molecule has 2 heterocycles. The second-order valence-corrected chi connectivity index (χ2v) is 7.52. The van der Waals surface area contributed by atoms with Crippen LogP contribution < -0.4 is 4.90 Å². The minimum atomic E-state index is -0.603. The Morgan fingerprint density at radius 3 is 2.19 bits per heavy atom. The van der Waals surface area contributed by atoms with Crippen LogP contribution in [0, 0.1) is 6.92 Å². The van der Waals surface area contributed by atoms with E-state index in [-0.39, 0.29) is 30.4 Å². The molecular weight excluding hydrogens is 330 g/mol. The zero-order valence-electron chi connectivity index (χ0n) is 15.9. The molecule has 140 valence electrons. The smallest absolute Gasteiger partial charge is 0.332 e. The first-order valence-electron chi connectivity index (χ1n) is 9.33. The van der Waals surface area contributed by atoms with Crippen molar-refractivity contribution < 1.29 is 14.4 Å². The first kappa shape index (κ1) is 18.4. The van der Waals surface area contributed by atoms with Crippen LogP contribution in [0.5, 0.6) is 0 Å². The van der Waals surface area contributed by atoms with Gasteiger partial charge in [0.25, 0.3) is 5.91 Å². The third kappa shape index (κ3) is 3.20. The molecule has 6 heteroatoms. The highest BCUT2D eigenvalue weighted by molar-refractivity contribution is 6.15. The van der Waals surface area contributed by atoms with Gasteiger partial charge in [-0.1, -0.05) is 17.7 Å². The monoisotopic (exact) mass is 357 g/mol. The predicted octanol–water partition coefficient (Wildman–Crippen LogP) is 2.94. The number of carbonyl (C=O) groups is 3. The highest BCUT2D eigenvalue weighted by atomic mass is 16.2. The Morgan fingerprint density at radius 2 is 1.62 bits per heavy atom. The third-order valence-electron chi connectivity index (χ3n) is 5.53. The van der Waals surface area contributed by atoms with Gasteiger partial charge in [0.05, 0.1) is 0 Å². The molecule has 4 amide bonds. The van der Waals surface area contributed by atoms with Gasteiger partial charge in [-0.25, -0.2) is 4.79 Å². The SMILES string of the molecule is Cc1ccc(N2C(=O)N(CC(=O)N3[C@H](C)CCC[C@H]3C)C(=O)[C@@H]2C)cc1. The average Bonchev–Trinajstić information content (AvgIpc) is 2.79. The molecule has 0 aliphatic carbocycles. The number of nitrogens with zero attached hydrogens (tertiary/aromatic N) is 3. The van der Waals surface area contributed by atoms with E-state index < -0.39 is 12.1 Å². The first-order chi connectivity index (χ1) is 12.3. The molecule has 6 nitrogen and oxygen atoms in total. The lowest BCUT2D eigenvalue weighted by atomic mass is 9.97. The maximum absolute atomic E-state index is 12.9. The number of urea groups is 1. The Bertz CT molecular complexity index is 706. The van der Waals surface area contributed by atoms with Gasteiger partial charge in [-0.2, -0.15) is 0 Å². The van der Waals surface area contributed by atoms with Crippen molar-refractivity contribution in [3.8, 4) is 0 Å². The molecule has 0 saturated carbocycles. The van der Waals surface area contributed by atoms with Crippen molar-refractivity contribution in [2.45, 2.75) is 65.1 Å². The molecule has 2 fully saturated rings. The molecule has 0 unspecified atom stereocenters. The lowest BCUT2D eigenvalue weighted by molar-refractivity contribution is -0.141. The van der Waals surface area contributed by atoms with E-state index in [1.54, 1.807) is 6.92 Å². The molecule has 0 aromatic heterocycles. The normalized spacial score (nSPS) is 26.6. The topological polar surface area (TPSA) is 60.9 Å². The summed E-state index contributed by atoms with van der Waals surface area (Å²) >= 11 is 0. The summed E-state index contributed by atoms with van der Waals surface area (Å²) in [6.45, 7) is 7.55. The number of imide groups is 1. The zero-order chi connectivity index (χ0) is 19.0. The summed E-state index contributed by atoms with van der Waals surface area (Å²) in [6.07, 6.45) is 3.03. The van der Waals surface area contributed by atoms with Crippen molar-refractivity contribution in [2.24, 2.45) is 0 Å². The van der Waals surface area contributed by atoms with Crippen LogP contribution in [0.15, 0.2) is 24.3 Å². The number of piperidine rings is 1. The van der Waals surface area contributed by atoms with Gasteiger partial charge in [-0.3, -0.25) is 19.4 Å². The van der Waals surface area contributed by atoms with E-state index in [4.69, 9.17) is 0 Å². The summed E-state index contributed by atoms with van der Waals surface area (Å²) in [6, 6.07) is 6.74. The van der Waals surface area contributed by atoms with Crippen molar-refractivity contribution in [3.05, 3.63) is 29.8 Å². The van der Waals surface area contributed by atoms with Crippen LogP contribution in [0.3, 0.4) is 0 Å². The minimum absolute atomic E-state index is 0.143. The van der Waals surface area contributed by atoms with Crippen LogP contribution in [0.4, 0.5) is 10.5 Å². The lowest BCUT2D eigenvalue weighted by Gasteiger charge is -2.39. The molecule has 1 aromatic carbocycles. The maximum Gasteiger partial charge on any atom is 0.332 e. The molecule has 3 atom stereocenters. The molecule has 1 aromatic rings. The van der Waals surface area contributed by atoms with Gasteiger partial charge in [-0.05, 0) is 59.1 Å². The van der Waals surface area contributed by atoms with E-state index in [0.29, 0.717) is 5.69 Å². The van der Waals surface area contributed by atoms with E-state index in [2.05, 4.69) is 0 Å². The number of benzene rings is 1. The standard InChI is InChI=1S/C20H27N3O3/c1-13-8-10-17(11-9-13)23-16(4)19(25)21(20(23)26)12-18(24)22-14(2)6-5-7-15(22)3/h8-11,14-16H,5-7,12H2,1-4H3/t14-,15-,16+/m1/s1. The average molecular weight is 357 g/mol. The van der Waals surface area contributed by atoms with Crippen molar-refractivity contribution in [1.29, 1.82) is 0 Å². The van der Waals surface area contributed by atoms with Crippen molar-refractivity contribution in [3.63, 3.8) is 0 Å². The zero-order valence-corrected chi connectivity index (χ0v) is 15.9. The molecule has 26 heavy (non-hydrogen) atoms. The summed E-state index contributed by atoms with van der Waals surface area (Å²) < 4.78 is 0. The Hall–Kier alpha value is -2.37. The highest BCUT2D eigenvalue weighted by Gasteiger charge is 2.45. The second kappa shape index (κ2) is 7.09. The van der Waals surface area contributed by atoms with Crippen LogP contribution in [0.2, 0.25) is 0 Å². The molecule has 0 bridgehead atoms. The van der Waals surface area contributed by atoms with Gasteiger partial charge >= 0.3 is 6.03 Å². The summed E-state index contributed by atoms with van der Waals surface area (Å²) in [5, 5.41) is 0. The summed E-state index contributed by atoms with van der Waals surface area (Å²) in [5.41, 5.74) is 1.76. The van der Waals surface area contributed by atoms with Gasteiger partial charge in [-0.15, -0.1) is 0 Å². The highest BCUT2D eigenvalue weighted by Crippen LogP contribution is 2.27. The van der Waals surface area contributed by atoms with Crippen molar-refractivity contribution in [1.82, 2.24) is 9.80 Å². The van der Waals surface area contributed by atoms with Crippen LogP contribution in [0.25, 0.3) is 0 Å². The van der Waals surface area contributed by atoms with E-state index in [0.717, 1.165) is 29.7 Å². The third-order valence-corrected chi connectivity index (χ3v) is 5.53. The Balaban J connectivity index is 1.78. The number of amides is 4.